The van der Waals surface area contributed by atoms with Gasteiger partial charge in [0.25, 0.3) is 0 Å². The molecule has 0 heterocycles. The predicted octanol–water partition coefficient (Wildman–Crippen LogP) is 3.49. The van der Waals surface area contributed by atoms with E-state index in [1.165, 1.54) is 0 Å². The number of carbonyl (C=O) groups excluding carboxylic acids is 2. The fraction of sp³-hybridized carbons (Fsp3) is 0.222. The average molecular weight is 376 g/mol. The van der Waals surface area contributed by atoms with Crippen molar-refractivity contribution >= 4 is 27.8 Å². The fourth-order valence-electron chi connectivity index (χ4n) is 2.10. The molecule has 0 saturated heterocycles. The van der Waals surface area contributed by atoms with E-state index in [0.717, 1.165) is 11.1 Å². The monoisotopic (exact) mass is 375 g/mol. The van der Waals surface area contributed by atoms with Gasteiger partial charge in [-0.1, -0.05) is 76.6 Å². The van der Waals surface area contributed by atoms with Gasteiger partial charge in [-0.3, -0.25) is 4.79 Å². The number of rotatable bonds is 7. The topological polar surface area (TPSA) is 55.4 Å². The van der Waals surface area contributed by atoms with Crippen molar-refractivity contribution < 1.29 is 14.3 Å². The van der Waals surface area contributed by atoms with E-state index in [0.29, 0.717) is 6.42 Å². The van der Waals surface area contributed by atoms with Crippen molar-refractivity contribution in [1.29, 1.82) is 0 Å². The van der Waals surface area contributed by atoms with Crippen LogP contribution in [-0.4, -0.2) is 23.2 Å². The van der Waals surface area contributed by atoms with Gasteiger partial charge in [0.15, 0.2) is 5.78 Å². The zero-order chi connectivity index (χ0) is 16.5. The van der Waals surface area contributed by atoms with Gasteiger partial charge in [0, 0.05) is 0 Å². The first-order valence-corrected chi connectivity index (χ1v) is 8.41. The van der Waals surface area contributed by atoms with Crippen LogP contribution in [0.1, 0.15) is 11.1 Å². The molecule has 2 rings (SSSR count). The van der Waals surface area contributed by atoms with Gasteiger partial charge in [-0.2, -0.15) is 0 Å². The maximum absolute atomic E-state index is 12.0. The number of benzene rings is 2. The zero-order valence-electron chi connectivity index (χ0n) is 12.6. The molecule has 2 aromatic carbocycles. The summed E-state index contributed by atoms with van der Waals surface area (Å²) in [6, 6.07) is 18.3. The highest BCUT2D eigenvalue weighted by Gasteiger charge is 2.20. The van der Waals surface area contributed by atoms with Gasteiger partial charge >= 0.3 is 6.09 Å². The molecule has 0 aliphatic heterocycles. The summed E-state index contributed by atoms with van der Waals surface area (Å²) in [6.45, 7) is 0.174. The predicted molar refractivity (Wildman–Crippen MR) is 92.5 cm³/mol. The SMILES string of the molecule is O=C(NC(Cc1ccccc1)C(=O)CBr)OCc1ccccc1. The van der Waals surface area contributed by atoms with Crippen molar-refractivity contribution in [3.63, 3.8) is 0 Å². The Balaban J connectivity index is 1.91. The molecule has 0 bridgehead atoms. The minimum Gasteiger partial charge on any atom is -0.445 e. The van der Waals surface area contributed by atoms with Crippen molar-refractivity contribution in [1.82, 2.24) is 5.32 Å². The second-order valence-corrected chi connectivity index (χ2v) is 5.61. The quantitative estimate of drug-likeness (QED) is 0.753. The van der Waals surface area contributed by atoms with Gasteiger partial charge in [-0.15, -0.1) is 0 Å². The van der Waals surface area contributed by atoms with Gasteiger partial charge in [0.05, 0.1) is 11.4 Å². The molecule has 1 N–H and O–H groups in total. The molecule has 1 amide bonds. The summed E-state index contributed by atoms with van der Waals surface area (Å²) >= 11 is 3.15. The molecule has 1 unspecified atom stereocenters. The Morgan fingerprint density at radius 3 is 2.09 bits per heavy atom. The van der Waals surface area contributed by atoms with Crippen LogP contribution < -0.4 is 5.32 Å². The van der Waals surface area contributed by atoms with Crippen LogP contribution in [0.3, 0.4) is 0 Å². The third-order valence-corrected chi connectivity index (χ3v) is 3.86. The minimum atomic E-state index is -0.611. The zero-order valence-corrected chi connectivity index (χ0v) is 14.2. The number of nitrogens with one attached hydrogen (secondary N) is 1. The van der Waals surface area contributed by atoms with Gasteiger partial charge in [-0.25, -0.2) is 4.79 Å². The van der Waals surface area contributed by atoms with Crippen LogP contribution in [0.25, 0.3) is 0 Å². The molecule has 0 aromatic heterocycles. The molecule has 23 heavy (non-hydrogen) atoms. The molecular formula is C18H18BrNO3. The lowest BCUT2D eigenvalue weighted by Crippen LogP contribution is -2.43. The number of ether oxygens (including phenoxy) is 1. The Bertz CT molecular complexity index is 631. The summed E-state index contributed by atoms with van der Waals surface area (Å²) < 4.78 is 5.17. The second-order valence-electron chi connectivity index (χ2n) is 5.05. The smallest absolute Gasteiger partial charge is 0.408 e. The molecule has 0 aliphatic carbocycles. The van der Waals surface area contributed by atoms with Crippen LogP contribution in [0.4, 0.5) is 4.79 Å². The van der Waals surface area contributed by atoms with E-state index in [9.17, 15) is 9.59 Å². The van der Waals surface area contributed by atoms with E-state index in [-0.39, 0.29) is 17.7 Å². The molecule has 0 fully saturated rings. The Morgan fingerprint density at radius 2 is 1.52 bits per heavy atom. The minimum absolute atomic E-state index is 0.0921. The number of hydrogen-bond acceptors (Lipinski definition) is 3. The summed E-state index contributed by atoms with van der Waals surface area (Å²) in [5, 5.41) is 2.83. The first kappa shape index (κ1) is 17.2. The molecule has 120 valence electrons. The van der Waals surface area contributed by atoms with E-state index < -0.39 is 12.1 Å². The lowest BCUT2D eigenvalue weighted by molar-refractivity contribution is -0.118. The van der Waals surface area contributed by atoms with Crippen molar-refractivity contribution in [2.45, 2.75) is 19.1 Å². The molecule has 2 aromatic rings. The molecule has 4 nitrogen and oxygen atoms in total. The van der Waals surface area contributed by atoms with E-state index in [4.69, 9.17) is 4.74 Å². The third-order valence-electron chi connectivity index (χ3n) is 3.31. The summed E-state index contributed by atoms with van der Waals surface area (Å²) in [4.78, 5) is 23.9. The summed E-state index contributed by atoms with van der Waals surface area (Å²) in [6.07, 6.45) is -0.157. The van der Waals surface area contributed by atoms with Gasteiger partial charge < -0.3 is 10.1 Å². The van der Waals surface area contributed by atoms with Crippen LogP contribution in [0.2, 0.25) is 0 Å². The Hall–Kier alpha value is -2.14. The van der Waals surface area contributed by atoms with E-state index in [1.54, 1.807) is 0 Å². The van der Waals surface area contributed by atoms with Gasteiger partial charge in [0.2, 0.25) is 0 Å². The van der Waals surface area contributed by atoms with Crippen LogP contribution in [0, 0.1) is 0 Å². The second kappa shape index (κ2) is 9.10. The first-order chi connectivity index (χ1) is 11.2. The number of halogens is 1. The van der Waals surface area contributed by atoms with E-state index in [1.807, 2.05) is 60.7 Å². The Morgan fingerprint density at radius 1 is 0.957 bits per heavy atom. The first-order valence-electron chi connectivity index (χ1n) is 7.29. The largest absolute Gasteiger partial charge is 0.445 e. The molecule has 0 saturated carbocycles. The maximum atomic E-state index is 12.0. The van der Waals surface area contributed by atoms with Crippen molar-refractivity contribution in [2.24, 2.45) is 0 Å². The molecular weight excluding hydrogens is 358 g/mol. The summed E-state index contributed by atoms with van der Waals surface area (Å²) in [7, 11) is 0. The molecule has 0 spiro atoms. The fourth-order valence-corrected chi connectivity index (χ4v) is 2.49. The molecule has 0 radical (unpaired) electrons. The lowest BCUT2D eigenvalue weighted by atomic mass is 10.0. The third kappa shape index (κ3) is 5.87. The highest BCUT2D eigenvalue weighted by Crippen LogP contribution is 2.06. The number of amides is 1. The normalized spacial score (nSPS) is 11.5. The number of carbonyl (C=O) groups is 2. The lowest BCUT2D eigenvalue weighted by Gasteiger charge is -2.17. The van der Waals surface area contributed by atoms with Crippen molar-refractivity contribution in [3.8, 4) is 0 Å². The molecule has 0 aliphatic rings. The van der Waals surface area contributed by atoms with Crippen LogP contribution >= 0.6 is 15.9 Å². The Kier molecular flexibility index (Phi) is 6.81. The number of hydrogen-bond donors (Lipinski definition) is 1. The van der Waals surface area contributed by atoms with Crippen LogP contribution in [0.15, 0.2) is 60.7 Å². The standard InChI is InChI=1S/C18H18BrNO3/c19-12-17(21)16(11-14-7-3-1-4-8-14)20-18(22)23-13-15-9-5-2-6-10-15/h1-10,16H,11-13H2,(H,20,22). The van der Waals surface area contributed by atoms with Gasteiger partial charge in [-0.05, 0) is 17.5 Å². The number of ketones is 1. The molecule has 1 atom stereocenters. The van der Waals surface area contributed by atoms with E-state index in [2.05, 4.69) is 21.2 Å². The molecule has 5 heteroatoms. The van der Waals surface area contributed by atoms with Gasteiger partial charge in [0.1, 0.15) is 6.61 Å². The summed E-state index contributed by atoms with van der Waals surface area (Å²) in [5.74, 6) is -0.0921. The van der Waals surface area contributed by atoms with Crippen LogP contribution in [-0.2, 0) is 22.6 Å². The summed E-state index contributed by atoms with van der Waals surface area (Å²) in [5.41, 5.74) is 1.88. The van der Waals surface area contributed by atoms with Crippen LogP contribution in [0.5, 0.6) is 0 Å². The highest BCUT2D eigenvalue weighted by molar-refractivity contribution is 9.09. The average Bonchev–Trinajstić information content (AvgIpc) is 2.60. The number of Topliss-reactive ketones (excluding diaryl/α,β-unsaturated/α-hetero) is 1. The Labute approximate surface area is 144 Å². The number of alkyl carbamates (subject to hydrolysis) is 1. The maximum Gasteiger partial charge on any atom is 0.408 e. The van der Waals surface area contributed by atoms with E-state index >= 15 is 0 Å². The van der Waals surface area contributed by atoms with Crippen molar-refractivity contribution in [3.05, 3.63) is 71.8 Å². The highest BCUT2D eigenvalue weighted by atomic mass is 79.9. The number of alkyl halides is 1. The van der Waals surface area contributed by atoms with Crippen molar-refractivity contribution in [2.75, 3.05) is 5.33 Å².